The topological polar surface area (TPSA) is 17.0 Å². The Hall–Kier alpha value is -0.930. The zero-order valence-electron chi connectivity index (χ0n) is 14.0. The van der Waals surface area contributed by atoms with Gasteiger partial charge in [0, 0.05) is 35.4 Å². The minimum atomic E-state index is 0.699. The fraction of sp³-hybridized carbons (Fsp3) is 0.556. The predicted octanol–water partition coefficient (Wildman–Crippen LogP) is 4.37. The van der Waals surface area contributed by atoms with Gasteiger partial charge in [-0.3, -0.25) is 0 Å². The van der Waals surface area contributed by atoms with Crippen LogP contribution in [0.3, 0.4) is 0 Å². The Morgan fingerprint density at radius 2 is 2.00 bits per heavy atom. The summed E-state index contributed by atoms with van der Waals surface area (Å²) in [6.07, 6.45) is 2.17. The Bertz CT molecular complexity index is 599. The first-order chi connectivity index (χ1) is 10.0. The molecule has 0 saturated heterocycles. The lowest BCUT2D eigenvalue weighted by atomic mass is 10.1. The molecule has 0 atom stereocenters. The Kier molecular flexibility index (Phi) is 5.77. The van der Waals surface area contributed by atoms with E-state index in [0.717, 1.165) is 19.6 Å². The van der Waals surface area contributed by atoms with Crippen molar-refractivity contribution in [1.29, 1.82) is 0 Å². The van der Waals surface area contributed by atoms with Crippen LogP contribution in [0.2, 0.25) is 0 Å². The van der Waals surface area contributed by atoms with E-state index in [-0.39, 0.29) is 0 Å². The zero-order chi connectivity index (χ0) is 15.4. The molecule has 116 valence electrons. The molecule has 0 spiro atoms. The average molecular weight is 305 g/mol. The molecule has 0 radical (unpaired) electrons. The molecule has 1 heterocycles. The summed E-state index contributed by atoms with van der Waals surface area (Å²) in [5.74, 6) is 1.87. The van der Waals surface area contributed by atoms with Crippen LogP contribution in [0.4, 0.5) is 0 Å². The van der Waals surface area contributed by atoms with E-state index in [1.54, 1.807) is 0 Å². The maximum atomic E-state index is 3.53. The van der Waals surface area contributed by atoms with Gasteiger partial charge in [-0.25, -0.2) is 0 Å². The molecule has 2 aromatic rings. The molecule has 0 saturated carbocycles. The van der Waals surface area contributed by atoms with Crippen LogP contribution >= 0.6 is 11.8 Å². The van der Waals surface area contributed by atoms with Crippen LogP contribution in [0.25, 0.3) is 10.9 Å². The fourth-order valence-corrected chi connectivity index (χ4v) is 3.15. The van der Waals surface area contributed by atoms with Crippen LogP contribution in [-0.4, -0.2) is 23.1 Å². The van der Waals surface area contributed by atoms with Crippen molar-refractivity contribution in [3.05, 3.63) is 35.0 Å². The maximum absolute atomic E-state index is 3.53. The molecule has 3 heteroatoms. The number of fused-ring (bicyclic) bond motifs is 1. The highest BCUT2D eigenvalue weighted by Crippen LogP contribution is 2.26. The molecule has 2 nitrogen and oxygen atoms in total. The van der Waals surface area contributed by atoms with Gasteiger partial charge in [-0.2, -0.15) is 11.8 Å². The number of benzene rings is 1. The number of nitrogens with one attached hydrogen (secondary N) is 1. The minimum absolute atomic E-state index is 0.699. The Balaban J connectivity index is 2.25. The fourth-order valence-electron chi connectivity index (χ4n) is 2.78. The molecule has 1 aromatic carbocycles. The van der Waals surface area contributed by atoms with Gasteiger partial charge in [0.2, 0.25) is 0 Å². The lowest BCUT2D eigenvalue weighted by molar-refractivity contribution is 0.552. The summed E-state index contributed by atoms with van der Waals surface area (Å²) in [5, 5.41) is 4.95. The standard InChI is InChI=1S/C18H28N2S/c1-13(2)11-19-12-16-6-7-18-17(10-16)14(3)15(4)20(18)8-9-21-5/h6-7,10,13,19H,8-9,11-12H2,1-5H3. The van der Waals surface area contributed by atoms with E-state index in [0.29, 0.717) is 5.92 Å². The second-order valence-corrected chi connectivity index (χ2v) is 7.22. The van der Waals surface area contributed by atoms with Gasteiger partial charge in [0.25, 0.3) is 0 Å². The van der Waals surface area contributed by atoms with E-state index in [1.807, 2.05) is 11.8 Å². The van der Waals surface area contributed by atoms with Crippen molar-refractivity contribution < 1.29 is 0 Å². The van der Waals surface area contributed by atoms with E-state index in [4.69, 9.17) is 0 Å². The van der Waals surface area contributed by atoms with Gasteiger partial charge in [-0.05, 0) is 55.8 Å². The van der Waals surface area contributed by atoms with E-state index in [1.165, 1.54) is 33.5 Å². The smallest absolute Gasteiger partial charge is 0.0485 e. The number of nitrogens with zero attached hydrogens (tertiary/aromatic N) is 1. The number of rotatable bonds is 7. The van der Waals surface area contributed by atoms with Crippen LogP contribution in [0.5, 0.6) is 0 Å². The third-order valence-corrected chi connectivity index (χ3v) is 4.69. The molecule has 0 unspecified atom stereocenters. The molecule has 0 fully saturated rings. The highest BCUT2D eigenvalue weighted by molar-refractivity contribution is 7.98. The lowest BCUT2D eigenvalue weighted by Gasteiger charge is -2.09. The quantitative estimate of drug-likeness (QED) is 0.818. The molecular weight excluding hydrogens is 276 g/mol. The Morgan fingerprint density at radius 1 is 1.24 bits per heavy atom. The van der Waals surface area contributed by atoms with Crippen LogP contribution in [0.15, 0.2) is 18.2 Å². The van der Waals surface area contributed by atoms with Crippen molar-refractivity contribution >= 4 is 22.7 Å². The zero-order valence-corrected chi connectivity index (χ0v) is 14.8. The third-order valence-electron chi connectivity index (χ3n) is 4.10. The number of aryl methyl sites for hydroxylation is 2. The van der Waals surface area contributed by atoms with Crippen molar-refractivity contribution in [2.24, 2.45) is 5.92 Å². The van der Waals surface area contributed by atoms with E-state index in [9.17, 15) is 0 Å². The highest BCUT2D eigenvalue weighted by atomic mass is 32.2. The summed E-state index contributed by atoms with van der Waals surface area (Å²) in [4.78, 5) is 0. The van der Waals surface area contributed by atoms with Crippen molar-refractivity contribution in [1.82, 2.24) is 9.88 Å². The third kappa shape index (κ3) is 3.83. The van der Waals surface area contributed by atoms with Gasteiger partial charge in [0.1, 0.15) is 0 Å². The monoisotopic (exact) mass is 304 g/mol. The normalized spacial score (nSPS) is 11.7. The molecule has 0 aliphatic carbocycles. The van der Waals surface area contributed by atoms with Crippen molar-refractivity contribution in [3.63, 3.8) is 0 Å². The van der Waals surface area contributed by atoms with Crippen molar-refractivity contribution in [2.45, 2.75) is 40.8 Å². The first-order valence-electron chi connectivity index (χ1n) is 7.82. The van der Waals surface area contributed by atoms with Gasteiger partial charge in [0.15, 0.2) is 0 Å². The van der Waals surface area contributed by atoms with Gasteiger partial charge in [0.05, 0.1) is 0 Å². The van der Waals surface area contributed by atoms with Crippen molar-refractivity contribution in [2.75, 3.05) is 18.6 Å². The highest BCUT2D eigenvalue weighted by Gasteiger charge is 2.11. The predicted molar refractivity (Wildman–Crippen MR) is 96.3 cm³/mol. The summed E-state index contributed by atoms with van der Waals surface area (Å²) in [6.45, 7) is 12.1. The van der Waals surface area contributed by atoms with Crippen molar-refractivity contribution in [3.8, 4) is 0 Å². The molecule has 0 bridgehead atoms. The van der Waals surface area contributed by atoms with Gasteiger partial charge < -0.3 is 9.88 Å². The Morgan fingerprint density at radius 3 is 2.67 bits per heavy atom. The molecule has 21 heavy (non-hydrogen) atoms. The SMILES string of the molecule is CSCCn1c(C)c(C)c2cc(CNCC(C)C)ccc21. The van der Waals surface area contributed by atoms with E-state index >= 15 is 0 Å². The van der Waals surface area contributed by atoms with Crippen LogP contribution in [0, 0.1) is 19.8 Å². The maximum Gasteiger partial charge on any atom is 0.0485 e. The minimum Gasteiger partial charge on any atom is -0.344 e. The molecule has 1 aromatic heterocycles. The van der Waals surface area contributed by atoms with Crippen LogP contribution in [-0.2, 0) is 13.1 Å². The van der Waals surface area contributed by atoms with Gasteiger partial charge in [-0.15, -0.1) is 0 Å². The Labute approximate surface area is 133 Å². The number of aromatic nitrogens is 1. The molecular formula is C18H28N2S. The second-order valence-electron chi connectivity index (χ2n) is 6.23. The van der Waals surface area contributed by atoms with E-state index in [2.05, 4.69) is 62.0 Å². The first-order valence-corrected chi connectivity index (χ1v) is 9.22. The van der Waals surface area contributed by atoms with Gasteiger partial charge in [-0.1, -0.05) is 19.9 Å². The van der Waals surface area contributed by atoms with Crippen LogP contribution in [0.1, 0.15) is 30.7 Å². The molecule has 2 rings (SSSR count). The van der Waals surface area contributed by atoms with Crippen LogP contribution < -0.4 is 5.32 Å². The summed E-state index contributed by atoms with van der Waals surface area (Å²) in [7, 11) is 0. The second kappa shape index (κ2) is 7.37. The molecule has 0 aliphatic heterocycles. The number of hydrogen-bond acceptors (Lipinski definition) is 2. The first kappa shape index (κ1) is 16.4. The molecule has 0 amide bonds. The molecule has 1 N–H and O–H groups in total. The molecule has 0 aliphatic rings. The van der Waals surface area contributed by atoms with E-state index < -0.39 is 0 Å². The average Bonchev–Trinajstić information content (AvgIpc) is 2.69. The summed E-state index contributed by atoms with van der Waals surface area (Å²) in [5.41, 5.74) is 5.60. The van der Waals surface area contributed by atoms with Gasteiger partial charge >= 0.3 is 0 Å². The number of hydrogen-bond donors (Lipinski definition) is 1. The summed E-state index contributed by atoms with van der Waals surface area (Å²) >= 11 is 1.91. The largest absolute Gasteiger partial charge is 0.344 e. The lowest BCUT2D eigenvalue weighted by Crippen LogP contribution is -2.18. The number of thioether (sulfide) groups is 1. The summed E-state index contributed by atoms with van der Waals surface area (Å²) in [6, 6.07) is 6.92. The summed E-state index contributed by atoms with van der Waals surface area (Å²) < 4.78 is 2.46.